The van der Waals surface area contributed by atoms with Crippen LogP contribution in [0.1, 0.15) is 43.8 Å². The largest absolute Gasteiger partial charge is 0.370 e. The van der Waals surface area contributed by atoms with Crippen molar-refractivity contribution in [1.29, 1.82) is 0 Å². The molecule has 0 saturated carbocycles. The smallest absolute Gasteiger partial charge is 0.245 e. The van der Waals surface area contributed by atoms with Crippen LogP contribution in [0.4, 0.5) is 0 Å². The van der Waals surface area contributed by atoms with Crippen molar-refractivity contribution in [2.45, 2.75) is 50.3 Å². The molecule has 3 saturated heterocycles. The number of carbonyl (C=O) groups excluding carboxylic acids is 2. The van der Waals surface area contributed by atoms with Crippen LogP contribution >= 0.6 is 0 Å². The third-order valence-corrected chi connectivity index (χ3v) is 7.11. The van der Waals surface area contributed by atoms with Crippen molar-refractivity contribution in [3.63, 3.8) is 0 Å². The van der Waals surface area contributed by atoms with Gasteiger partial charge in [-0.15, -0.1) is 0 Å². The van der Waals surface area contributed by atoms with E-state index in [2.05, 4.69) is 11.9 Å². The molecule has 1 aromatic rings. The minimum Gasteiger partial charge on any atom is -0.370 e. The summed E-state index contributed by atoms with van der Waals surface area (Å²) in [4.78, 5) is 32.5. The molecule has 170 valence electrons. The van der Waals surface area contributed by atoms with E-state index in [9.17, 15) is 9.59 Å². The number of carbonyl (C=O) groups is 2. The van der Waals surface area contributed by atoms with Gasteiger partial charge >= 0.3 is 0 Å². The second-order valence-corrected chi connectivity index (χ2v) is 9.33. The lowest BCUT2D eigenvalue weighted by atomic mass is 9.90. The number of amides is 2. The van der Waals surface area contributed by atoms with Gasteiger partial charge in [0.2, 0.25) is 11.8 Å². The lowest BCUT2D eigenvalue weighted by Gasteiger charge is -2.37. The van der Waals surface area contributed by atoms with Gasteiger partial charge in [0.05, 0.1) is 19.2 Å². The van der Waals surface area contributed by atoms with Gasteiger partial charge in [0.25, 0.3) is 0 Å². The summed E-state index contributed by atoms with van der Waals surface area (Å²) in [6.07, 6.45) is 4.37. The Hall–Kier alpha value is -1.96. The van der Waals surface area contributed by atoms with Crippen LogP contribution in [0.3, 0.4) is 0 Å². The predicted molar refractivity (Wildman–Crippen MR) is 119 cm³/mol. The Morgan fingerprint density at radius 1 is 1.10 bits per heavy atom. The van der Waals surface area contributed by atoms with E-state index in [1.807, 2.05) is 35.2 Å². The normalized spacial score (nSPS) is 26.8. The summed E-state index contributed by atoms with van der Waals surface area (Å²) >= 11 is 0. The molecule has 7 heteroatoms. The molecule has 2 N–H and O–H groups in total. The second-order valence-electron chi connectivity index (χ2n) is 9.33. The summed E-state index contributed by atoms with van der Waals surface area (Å²) in [6, 6.07) is 9.13. The molecule has 0 spiro atoms. The van der Waals surface area contributed by atoms with Crippen LogP contribution in [0.15, 0.2) is 30.3 Å². The number of hydrogen-bond acceptors (Lipinski definition) is 5. The minimum atomic E-state index is -0.511. The molecular formula is C24H36N4O3. The molecule has 0 radical (unpaired) electrons. The van der Waals surface area contributed by atoms with Crippen molar-refractivity contribution in [2.75, 3.05) is 46.4 Å². The number of hydrogen-bond donors (Lipinski definition) is 1. The molecule has 3 atom stereocenters. The Balaban J connectivity index is 1.35. The number of rotatable bonds is 5. The van der Waals surface area contributed by atoms with Gasteiger partial charge in [-0.2, -0.15) is 0 Å². The predicted octanol–water partition coefficient (Wildman–Crippen LogP) is 1.64. The number of ether oxygens (including phenoxy) is 1. The van der Waals surface area contributed by atoms with Crippen molar-refractivity contribution < 1.29 is 14.3 Å². The van der Waals surface area contributed by atoms with Crippen LogP contribution in [0.2, 0.25) is 0 Å². The number of morpholine rings is 1. The molecule has 4 rings (SSSR count). The van der Waals surface area contributed by atoms with Crippen LogP contribution in [-0.4, -0.2) is 85.0 Å². The average molecular weight is 429 g/mol. The van der Waals surface area contributed by atoms with E-state index in [1.54, 1.807) is 4.90 Å². The average Bonchev–Trinajstić information content (AvgIpc) is 3.30. The zero-order chi connectivity index (χ0) is 21.8. The molecule has 1 aromatic carbocycles. The highest BCUT2D eigenvalue weighted by Crippen LogP contribution is 2.27. The van der Waals surface area contributed by atoms with Crippen LogP contribution in [0.5, 0.6) is 0 Å². The summed E-state index contributed by atoms with van der Waals surface area (Å²) in [6.45, 7) is 4.38. The van der Waals surface area contributed by atoms with E-state index >= 15 is 0 Å². The molecule has 3 heterocycles. The van der Waals surface area contributed by atoms with Crippen molar-refractivity contribution in [2.24, 2.45) is 11.7 Å². The molecule has 0 aromatic heterocycles. The Labute approximate surface area is 185 Å². The van der Waals surface area contributed by atoms with E-state index in [0.717, 1.165) is 50.8 Å². The molecule has 0 aliphatic carbocycles. The van der Waals surface area contributed by atoms with E-state index in [-0.39, 0.29) is 24.0 Å². The summed E-state index contributed by atoms with van der Waals surface area (Å²) in [7, 11) is 2.13. The zero-order valence-electron chi connectivity index (χ0n) is 18.6. The molecule has 0 unspecified atom stereocenters. The third-order valence-electron chi connectivity index (χ3n) is 7.11. The highest BCUT2D eigenvalue weighted by molar-refractivity contribution is 5.90. The van der Waals surface area contributed by atoms with Gasteiger partial charge in [-0.3, -0.25) is 9.59 Å². The Kier molecular flexibility index (Phi) is 7.25. The quantitative estimate of drug-likeness (QED) is 0.771. The Morgan fingerprint density at radius 2 is 1.84 bits per heavy atom. The maximum Gasteiger partial charge on any atom is 0.245 e. The number of nitrogens with two attached hydrogens (primary N) is 1. The lowest BCUT2D eigenvalue weighted by molar-refractivity contribution is -0.149. The summed E-state index contributed by atoms with van der Waals surface area (Å²) in [5.41, 5.74) is 7.43. The first-order valence-electron chi connectivity index (χ1n) is 11.7. The van der Waals surface area contributed by atoms with E-state index in [0.29, 0.717) is 32.2 Å². The van der Waals surface area contributed by atoms with Gasteiger partial charge in [0, 0.05) is 13.1 Å². The molecule has 3 fully saturated rings. The summed E-state index contributed by atoms with van der Waals surface area (Å²) < 4.78 is 5.91. The topological polar surface area (TPSA) is 79.1 Å². The first-order chi connectivity index (χ1) is 15.0. The summed E-state index contributed by atoms with van der Waals surface area (Å²) in [5, 5.41) is 0. The highest BCUT2D eigenvalue weighted by Gasteiger charge is 2.40. The van der Waals surface area contributed by atoms with Crippen molar-refractivity contribution in [1.82, 2.24) is 14.7 Å². The standard InChI is InChI=1S/C24H36N4O3/c1-26-12-9-18(10-13-26)16-20(25)23(29)28-11-5-8-21(28)24(30)27-14-15-31-22(17-27)19-6-3-2-4-7-19/h2-4,6-7,18,20-22H,5,8-17,25H2,1H3/t20-,21-,22-/m0/s1. The van der Waals surface area contributed by atoms with Crippen molar-refractivity contribution in [3.8, 4) is 0 Å². The first kappa shape index (κ1) is 22.2. The zero-order valence-corrected chi connectivity index (χ0v) is 18.6. The van der Waals surface area contributed by atoms with Gasteiger partial charge < -0.3 is 25.2 Å². The molecular weight excluding hydrogens is 392 g/mol. The monoisotopic (exact) mass is 428 g/mol. The lowest BCUT2D eigenvalue weighted by Crippen LogP contribution is -2.54. The SMILES string of the molecule is CN1CCC(C[C@H](N)C(=O)N2CCC[C@H]2C(=O)N2CCO[C@H](c3ccccc3)C2)CC1. The summed E-state index contributed by atoms with van der Waals surface area (Å²) in [5.74, 6) is 0.488. The van der Waals surface area contributed by atoms with Crippen LogP contribution in [0.25, 0.3) is 0 Å². The molecule has 7 nitrogen and oxygen atoms in total. The molecule has 3 aliphatic heterocycles. The Bertz CT molecular complexity index is 750. The number of piperidine rings is 1. The number of nitrogens with zero attached hydrogens (tertiary/aromatic N) is 3. The van der Waals surface area contributed by atoms with Gasteiger partial charge in [-0.25, -0.2) is 0 Å². The van der Waals surface area contributed by atoms with E-state index in [4.69, 9.17) is 10.5 Å². The highest BCUT2D eigenvalue weighted by atomic mass is 16.5. The fourth-order valence-corrected chi connectivity index (χ4v) is 5.19. The number of likely N-dealkylation sites (tertiary alicyclic amines) is 2. The molecule has 3 aliphatic rings. The van der Waals surface area contributed by atoms with E-state index in [1.165, 1.54) is 0 Å². The van der Waals surface area contributed by atoms with Gasteiger partial charge in [0.1, 0.15) is 12.1 Å². The van der Waals surface area contributed by atoms with Crippen LogP contribution in [0, 0.1) is 5.92 Å². The van der Waals surface area contributed by atoms with Crippen LogP contribution < -0.4 is 5.73 Å². The van der Waals surface area contributed by atoms with Crippen LogP contribution in [-0.2, 0) is 14.3 Å². The Morgan fingerprint density at radius 3 is 2.58 bits per heavy atom. The first-order valence-corrected chi connectivity index (χ1v) is 11.7. The number of benzene rings is 1. The van der Waals surface area contributed by atoms with Gasteiger partial charge in [0.15, 0.2) is 0 Å². The fourth-order valence-electron chi connectivity index (χ4n) is 5.19. The van der Waals surface area contributed by atoms with E-state index < -0.39 is 6.04 Å². The van der Waals surface area contributed by atoms with Gasteiger partial charge in [-0.1, -0.05) is 30.3 Å². The minimum absolute atomic E-state index is 0.0431. The maximum atomic E-state index is 13.4. The van der Waals surface area contributed by atoms with Crippen molar-refractivity contribution >= 4 is 11.8 Å². The third kappa shape index (κ3) is 5.27. The van der Waals surface area contributed by atoms with Crippen molar-refractivity contribution in [3.05, 3.63) is 35.9 Å². The maximum absolute atomic E-state index is 13.4. The molecule has 2 amide bonds. The fraction of sp³-hybridized carbons (Fsp3) is 0.667. The molecule has 31 heavy (non-hydrogen) atoms. The second kappa shape index (κ2) is 10.1. The molecule has 0 bridgehead atoms. The van der Waals surface area contributed by atoms with Gasteiger partial charge in [-0.05, 0) is 63.7 Å².